The first kappa shape index (κ1) is 21.7. The number of hydrogen-bond donors (Lipinski definition) is 2. The smallest absolute Gasteiger partial charge is 0.369 e. The number of nitrogens with one attached hydrogen (secondary N) is 1. The molecule has 0 aliphatic rings. The van der Waals surface area contributed by atoms with Gasteiger partial charge in [0.05, 0.1) is 0 Å². The van der Waals surface area contributed by atoms with Crippen LogP contribution in [-0.4, -0.2) is 22.4 Å². The summed E-state index contributed by atoms with van der Waals surface area (Å²) in [5, 5.41) is 9.72. The van der Waals surface area contributed by atoms with Crippen molar-refractivity contribution in [1.82, 2.24) is 4.98 Å². The molecular formula is C20H16BrF6NO. The van der Waals surface area contributed by atoms with Gasteiger partial charge in [-0.1, -0.05) is 51.8 Å². The van der Waals surface area contributed by atoms with Crippen LogP contribution in [0, 0.1) is 6.92 Å². The lowest BCUT2D eigenvalue weighted by Crippen LogP contribution is -2.54. The van der Waals surface area contributed by atoms with E-state index in [9.17, 15) is 31.4 Å². The molecule has 0 aliphatic heterocycles. The maximum atomic E-state index is 13.6. The number of aromatic amines is 1. The summed E-state index contributed by atoms with van der Waals surface area (Å²) in [7, 11) is 0. The molecule has 2 aromatic carbocycles. The summed E-state index contributed by atoms with van der Waals surface area (Å²) in [5.41, 5.74) is -4.70. The Hall–Kier alpha value is -2.00. The van der Waals surface area contributed by atoms with Crippen molar-refractivity contribution in [2.24, 2.45) is 0 Å². The third-order valence-corrected chi connectivity index (χ3v) is 5.30. The fourth-order valence-corrected chi connectivity index (χ4v) is 3.66. The molecule has 0 aliphatic carbocycles. The topological polar surface area (TPSA) is 36.0 Å². The van der Waals surface area contributed by atoms with Gasteiger partial charge in [-0.15, -0.1) is 0 Å². The molecule has 2 N–H and O–H groups in total. The van der Waals surface area contributed by atoms with Crippen molar-refractivity contribution >= 4 is 26.8 Å². The number of aryl methyl sites for hydroxylation is 3. The van der Waals surface area contributed by atoms with E-state index in [4.69, 9.17) is 0 Å². The van der Waals surface area contributed by atoms with E-state index in [1.165, 1.54) is 12.1 Å². The molecule has 0 spiro atoms. The number of hydrogen-bond acceptors (Lipinski definition) is 1. The van der Waals surface area contributed by atoms with Crippen LogP contribution in [-0.2, 0) is 18.4 Å². The number of halogens is 7. The van der Waals surface area contributed by atoms with Crippen molar-refractivity contribution in [1.29, 1.82) is 0 Å². The zero-order valence-electron chi connectivity index (χ0n) is 15.0. The molecular weight excluding hydrogens is 464 g/mol. The molecule has 0 fully saturated rings. The minimum atomic E-state index is -5.95. The van der Waals surface area contributed by atoms with E-state index >= 15 is 0 Å². The number of fused-ring (bicyclic) bond motifs is 1. The average Bonchev–Trinajstić information content (AvgIpc) is 2.96. The monoisotopic (exact) mass is 479 g/mol. The molecule has 1 aromatic heterocycles. The van der Waals surface area contributed by atoms with Gasteiger partial charge in [-0.3, -0.25) is 0 Å². The molecule has 0 saturated carbocycles. The first-order valence-corrected chi connectivity index (χ1v) is 9.36. The zero-order valence-corrected chi connectivity index (χ0v) is 16.6. The van der Waals surface area contributed by atoms with E-state index in [1.807, 2.05) is 6.92 Å². The molecule has 2 nitrogen and oxygen atoms in total. The van der Waals surface area contributed by atoms with E-state index in [0.717, 1.165) is 17.2 Å². The minimum absolute atomic E-state index is 0.0696. The Bertz CT molecular complexity index is 1010. The highest BCUT2D eigenvalue weighted by Crippen LogP contribution is 2.53. The number of benzene rings is 2. The summed E-state index contributed by atoms with van der Waals surface area (Å²) >= 11 is 3.15. The predicted octanol–water partition coefficient (Wildman–Crippen LogP) is 6.34. The molecule has 29 heavy (non-hydrogen) atoms. The van der Waals surface area contributed by atoms with E-state index in [2.05, 4.69) is 20.9 Å². The van der Waals surface area contributed by atoms with Gasteiger partial charge in [0.15, 0.2) is 0 Å². The van der Waals surface area contributed by atoms with E-state index in [1.54, 1.807) is 24.3 Å². The summed E-state index contributed by atoms with van der Waals surface area (Å²) in [5.74, 6) is 0. The zero-order chi connectivity index (χ0) is 21.6. The highest BCUT2D eigenvalue weighted by Gasteiger charge is 2.72. The summed E-state index contributed by atoms with van der Waals surface area (Å²) in [4.78, 5) is 2.65. The number of aromatic nitrogens is 1. The molecule has 3 aromatic rings. The van der Waals surface area contributed by atoms with Gasteiger partial charge < -0.3 is 10.1 Å². The van der Waals surface area contributed by atoms with Crippen LogP contribution in [0.5, 0.6) is 0 Å². The second kappa shape index (κ2) is 7.36. The number of H-pyrrole nitrogens is 1. The van der Waals surface area contributed by atoms with Gasteiger partial charge in [0.25, 0.3) is 5.60 Å². The van der Waals surface area contributed by atoms with Crippen molar-refractivity contribution < 1.29 is 31.4 Å². The Balaban J connectivity index is 2.18. The number of aliphatic hydroxyl groups is 1. The van der Waals surface area contributed by atoms with Gasteiger partial charge in [0, 0.05) is 26.6 Å². The standard InChI is InChI=1S/C20H16BrF6NO/c1-11-2-4-12(5-3-11)6-9-15-17(14-8-7-13(21)10-16(14)28-15)18(29,19(22,23)24)20(25,26)27/h2-5,7-8,10,28-29H,6,9H2,1H3. The predicted molar refractivity (Wildman–Crippen MR) is 101 cm³/mol. The van der Waals surface area contributed by atoms with Crippen molar-refractivity contribution in [3.8, 4) is 0 Å². The second-order valence-electron chi connectivity index (χ2n) is 6.86. The van der Waals surface area contributed by atoms with Crippen LogP contribution in [0.4, 0.5) is 26.3 Å². The van der Waals surface area contributed by atoms with Gasteiger partial charge in [-0.05, 0) is 37.5 Å². The van der Waals surface area contributed by atoms with Crippen molar-refractivity contribution in [3.63, 3.8) is 0 Å². The molecule has 3 rings (SSSR count). The molecule has 0 radical (unpaired) electrons. The Labute approximate surface area is 170 Å². The Kier molecular flexibility index (Phi) is 5.51. The van der Waals surface area contributed by atoms with Crippen LogP contribution in [0.2, 0.25) is 0 Å². The van der Waals surface area contributed by atoms with E-state index < -0.39 is 23.5 Å². The fraction of sp³-hybridized carbons (Fsp3) is 0.300. The lowest BCUT2D eigenvalue weighted by molar-refractivity contribution is -0.375. The highest BCUT2D eigenvalue weighted by atomic mass is 79.9. The fourth-order valence-electron chi connectivity index (χ4n) is 3.29. The first-order chi connectivity index (χ1) is 13.3. The molecule has 0 amide bonds. The van der Waals surface area contributed by atoms with E-state index in [-0.39, 0.29) is 29.4 Å². The van der Waals surface area contributed by atoms with Crippen molar-refractivity contribution in [2.75, 3.05) is 0 Å². The first-order valence-electron chi connectivity index (χ1n) is 8.56. The summed E-state index contributed by atoms with van der Waals surface area (Å²) in [6, 6.07) is 11.0. The van der Waals surface area contributed by atoms with Gasteiger partial charge in [-0.2, -0.15) is 26.3 Å². The van der Waals surface area contributed by atoms with Crippen LogP contribution >= 0.6 is 15.9 Å². The largest absolute Gasteiger partial charge is 0.430 e. The summed E-state index contributed by atoms with van der Waals surface area (Å²) in [6.45, 7) is 1.87. The Morgan fingerprint density at radius 1 is 0.897 bits per heavy atom. The maximum Gasteiger partial charge on any atom is 0.430 e. The number of alkyl halides is 6. The molecule has 0 atom stereocenters. The lowest BCUT2D eigenvalue weighted by Gasteiger charge is -2.33. The normalized spacial score (nSPS) is 13.3. The van der Waals surface area contributed by atoms with Crippen molar-refractivity contribution in [2.45, 2.75) is 37.7 Å². The highest BCUT2D eigenvalue weighted by molar-refractivity contribution is 9.10. The third kappa shape index (κ3) is 3.90. The number of rotatable bonds is 4. The summed E-state index contributed by atoms with van der Waals surface area (Å²) in [6.07, 6.45) is -11.8. The third-order valence-electron chi connectivity index (χ3n) is 4.80. The summed E-state index contributed by atoms with van der Waals surface area (Å²) < 4.78 is 81.9. The van der Waals surface area contributed by atoms with Gasteiger partial charge in [0.1, 0.15) is 0 Å². The molecule has 156 valence electrons. The van der Waals surface area contributed by atoms with Crippen LogP contribution in [0.25, 0.3) is 10.9 Å². The molecule has 0 unspecified atom stereocenters. The Morgan fingerprint density at radius 3 is 2.03 bits per heavy atom. The van der Waals surface area contributed by atoms with Crippen LogP contribution in [0.15, 0.2) is 46.9 Å². The molecule has 0 saturated heterocycles. The second-order valence-corrected chi connectivity index (χ2v) is 7.78. The van der Waals surface area contributed by atoms with Gasteiger partial charge in [0.2, 0.25) is 0 Å². The van der Waals surface area contributed by atoms with Crippen LogP contribution in [0.3, 0.4) is 0 Å². The molecule has 0 bridgehead atoms. The van der Waals surface area contributed by atoms with Crippen LogP contribution in [0.1, 0.15) is 22.4 Å². The molecule has 9 heteroatoms. The van der Waals surface area contributed by atoms with E-state index in [0.29, 0.717) is 4.47 Å². The molecule has 1 heterocycles. The Morgan fingerprint density at radius 2 is 1.48 bits per heavy atom. The average molecular weight is 480 g/mol. The van der Waals surface area contributed by atoms with Crippen LogP contribution < -0.4 is 0 Å². The SMILES string of the molecule is Cc1ccc(CCc2[nH]c3cc(Br)ccc3c2C(O)(C(F)(F)F)C(F)(F)F)cc1. The van der Waals surface area contributed by atoms with Crippen molar-refractivity contribution in [3.05, 3.63) is 69.3 Å². The quantitative estimate of drug-likeness (QED) is 0.421. The minimum Gasteiger partial charge on any atom is -0.369 e. The maximum absolute atomic E-state index is 13.6. The van der Waals surface area contributed by atoms with Gasteiger partial charge in [-0.25, -0.2) is 0 Å². The lowest BCUT2D eigenvalue weighted by atomic mass is 9.88. The van der Waals surface area contributed by atoms with Gasteiger partial charge >= 0.3 is 12.4 Å².